The van der Waals surface area contributed by atoms with Crippen molar-refractivity contribution < 1.29 is 4.79 Å². The van der Waals surface area contributed by atoms with Crippen LogP contribution in [0.15, 0.2) is 11.6 Å². The van der Waals surface area contributed by atoms with Gasteiger partial charge in [0.1, 0.15) is 0 Å². The normalized spacial score (nSPS) is 11.2. The van der Waals surface area contributed by atoms with Gasteiger partial charge in [-0.25, -0.2) is 9.78 Å². The lowest BCUT2D eigenvalue weighted by Gasteiger charge is -2.18. The molecule has 1 aromatic rings. The highest BCUT2D eigenvalue weighted by molar-refractivity contribution is 7.09. The van der Waals surface area contributed by atoms with Gasteiger partial charge in [0, 0.05) is 31.1 Å². The smallest absolute Gasteiger partial charge is 0.314 e. The van der Waals surface area contributed by atoms with Crippen LogP contribution in [0.2, 0.25) is 0 Å². The highest BCUT2D eigenvalue weighted by atomic mass is 32.1. The van der Waals surface area contributed by atoms with Crippen molar-refractivity contribution in [1.82, 2.24) is 15.6 Å². The van der Waals surface area contributed by atoms with Gasteiger partial charge in [0.2, 0.25) is 0 Å². The molecule has 0 atom stereocenters. The molecule has 0 spiro atoms. The SMILES string of the molecule is CC(C)(C)CNC(=O)NCCc1nccs1. The van der Waals surface area contributed by atoms with Crippen LogP contribution >= 0.6 is 11.3 Å². The Kier molecular flexibility index (Phi) is 4.73. The fourth-order valence-electron chi connectivity index (χ4n) is 1.07. The van der Waals surface area contributed by atoms with Gasteiger partial charge in [-0.05, 0) is 5.41 Å². The maximum Gasteiger partial charge on any atom is 0.314 e. The van der Waals surface area contributed by atoms with E-state index in [0.29, 0.717) is 13.1 Å². The maximum absolute atomic E-state index is 11.4. The molecule has 5 heteroatoms. The summed E-state index contributed by atoms with van der Waals surface area (Å²) < 4.78 is 0. The molecular weight excluding hydrogens is 222 g/mol. The zero-order valence-electron chi connectivity index (χ0n) is 10.0. The largest absolute Gasteiger partial charge is 0.338 e. The fourth-order valence-corrected chi connectivity index (χ4v) is 1.69. The molecule has 0 radical (unpaired) electrons. The number of aromatic nitrogens is 1. The summed E-state index contributed by atoms with van der Waals surface area (Å²) in [6.45, 7) is 7.56. The molecule has 1 aromatic heterocycles. The van der Waals surface area contributed by atoms with Gasteiger partial charge in [-0.15, -0.1) is 11.3 Å². The molecule has 0 bridgehead atoms. The molecule has 1 heterocycles. The molecule has 0 aromatic carbocycles. The van der Waals surface area contributed by atoms with Crippen LogP contribution < -0.4 is 10.6 Å². The van der Waals surface area contributed by atoms with Crippen molar-refractivity contribution in [3.63, 3.8) is 0 Å². The topological polar surface area (TPSA) is 54.0 Å². The Morgan fingerprint density at radius 1 is 1.44 bits per heavy atom. The average Bonchev–Trinajstić information content (AvgIpc) is 2.66. The predicted octanol–water partition coefficient (Wildman–Crippen LogP) is 2.03. The van der Waals surface area contributed by atoms with Crippen molar-refractivity contribution in [3.05, 3.63) is 16.6 Å². The molecule has 0 fully saturated rings. The summed E-state index contributed by atoms with van der Waals surface area (Å²) in [5, 5.41) is 8.64. The number of nitrogens with zero attached hydrogens (tertiary/aromatic N) is 1. The summed E-state index contributed by atoms with van der Waals surface area (Å²) in [6.07, 6.45) is 2.57. The lowest BCUT2D eigenvalue weighted by Crippen LogP contribution is -2.40. The molecule has 16 heavy (non-hydrogen) atoms. The van der Waals surface area contributed by atoms with Crippen molar-refractivity contribution in [2.75, 3.05) is 13.1 Å². The first-order valence-corrected chi connectivity index (χ1v) is 6.25. The molecule has 1 rings (SSSR count). The Morgan fingerprint density at radius 2 is 2.19 bits per heavy atom. The summed E-state index contributed by atoms with van der Waals surface area (Å²) in [6, 6.07) is -0.105. The zero-order chi connectivity index (χ0) is 12.0. The summed E-state index contributed by atoms with van der Waals surface area (Å²) in [5.74, 6) is 0. The van der Waals surface area contributed by atoms with Gasteiger partial charge in [0.15, 0.2) is 0 Å². The first kappa shape index (κ1) is 13.0. The minimum absolute atomic E-state index is 0.105. The lowest BCUT2D eigenvalue weighted by atomic mass is 9.97. The molecular formula is C11H19N3OS. The Balaban J connectivity index is 2.11. The van der Waals surface area contributed by atoms with E-state index in [0.717, 1.165) is 11.4 Å². The number of amides is 2. The fraction of sp³-hybridized carbons (Fsp3) is 0.636. The molecule has 0 saturated heterocycles. The zero-order valence-corrected chi connectivity index (χ0v) is 10.9. The summed E-state index contributed by atoms with van der Waals surface area (Å²) >= 11 is 1.61. The molecule has 4 nitrogen and oxygen atoms in total. The van der Waals surface area contributed by atoms with Crippen LogP contribution in [-0.2, 0) is 6.42 Å². The number of urea groups is 1. The van der Waals surface area contributed by atoms with Gasteiger partial charge in [0.25, 0.3) is 0 Å². The van der Waals surface area contributed by atoms with Crippen LogP contribution in [0.25, 0.3) is 0 Å². The molecule has 2 N–H and O–H groups in total. The number of thiazole rings is 1. The molecule has 0 aliphatic carbocycles. The number of nitrogens with one attached hydrogen (secondary N) is 2. The number of carbonyl (C=O) groups is 1. The number of hydrogen-bond donors (Lipinski definition) is 2. The van der Waals surface area contributed by atoms with Crippen molar-refractivity contribution in [2.45, 2.75) is 27.2 Å². The Morgan fingerprint density at radius 3 is 2.75 bits per heavy atom. The lowest BCUT2D eigenvalue weighted by molar-refractivity contribution is 0.235. The van der Waals surface area contributed by atoms with Gasteiger partial charge in [-0.3, -0.25) is 0 Å². The second kappa shape index (κ2) is 5.84. The number of carbonyl (C=O) groups excluding carboxylic acids is 1. The molecule has 90 valence electrons. The first-order valence-electron chi connectivity index (χ1n) is 5.37. The third kappa shape index (κ3) is 5.70. The molecule has 0 saturated carbocycles. The quantitative estimate of drug-likeness (QED) is 0.847. The Bertz CT molecular complexity index is 316. The van der Waals surface area contributed by atoms with E-state index in [1.807, 2.05) is 5.38 Å². The molecule has 2 amide bonds. The third-order valence-electron chi connectivity index (χ3n) is 1.89. The first-order chi connectivity index (χ1) is 7.47. The van der Waals surface area contributed by atoms with Crippen LogP contribution in [-0.4, -0.2) is 24.1 Å². The van der Waals surface area contributed by atoms with Crippen LogP contribution in [0.3, 0.4) is 0 Å². The second-order valence-electron chi connectivity index (χ2n) is 4.85. The minimum Gasteiger partial charge on any atom is -0.338 e. The monoisotopic (exact) mass is 241 g/mol. The predicted molar refractivity (Wildman–Crippen MR) is 66.7 cm³/mol. The van der Waals surface area contributed by atoms with Crippen LogP contribution in [0.1, 0.15) is 25.8 Å². The Hall–Kier alpha value is -1.10. The Labute approximate surface area is 100 Å². The molecule has 0 aliphatic rings. The summed E-state index contributed by atoms with van der Waals surface area (Å²) in [7, 11) is 0. The minimum atomic E-state index is -0.105. The number of hydrogen-bond acceptors (Lipinski definition) is 3. The van der Waals surface area contributed by atoms with Crippen molar-refractivity contribution >= 4 is 17.4 Å². The van der Waals surface area contributed by atoms with Crippen molar-refractivity contribution in [3.8, 4) is 0 Å². The van der Waals surface area contributed by atoms with Crippen LogP contribution in [0.5, 0.6) is 0 Å². The molecule has 0 unspecified atom stereocenters. The average molecular weight is 241 g/mol. The highest BCUT2D eigenvalue weighted by Gasteiger charge is 2.11. The standard InChI is InChI=1S/C11H19N3OS/c1-11(2,3)8-14-10(15)13-5-4-9-12-6-7-16-9/h6-7H,4-5,8H2,1-3H3,(H2,13,14,15). The highest BCUT2D eigenvalue weighted by Crippen LogP contribution is 2.09. The van der Waals surface area contributed by atoms with Crippen LogP contribution in [0.4, 0.5) is 4.79 Å². The van der Waals surface area contributed by atoms with Gasteiger partial charge < -0.3 is 10.6 Å². The van der Waals surface area contributed by atoms with E-state index >= 15 is 0 Å². The van der Waals surface area contributed by atoms with E-state index in [1.165, 1.54) is 0 Å². The van der Waals surface area contributed by atoms with E-state index in [2.05, 4.69) is 36.4 Å². The van der Waals surface area contributed by atoms with E-state index in [-0.39, 0.29) is 11.4 Å². The third-order valence-corrected chi connectivity index (χ3v) is 2.73. The van der Waals surface area contributed by atoms with Crippen LogP contribution in [0, 0.1) is 5.41 Å². The summed E-state index contributed by atoms with van der Waals surface area (Å²) in [5.41, 5.74) is 0.118. The van der Waals surface area contributed by atoms with Gasteiger partial charge in [-0.1, -0.05) is 20.8 Å². The van der Waals surface area contributed by atoms with Gasteiger partial charge in [-0.2, -0.15) is 0 Å². The van der Waals surface area contributed by atoms with Gasteiger partial charge in [0.05, 0.1) is 5.01 Å². The van der Waals surface area contributed by atoms with Crippen molar-refractivity contribution in [2.24, 2.45) is 5.41 Å². The van der Waals surface area contributed by atoms with E-state index < -0.39 is 0 Å². The van der Waals surface area contributed by atoms with E-state index in [4.69, 9.17) is 0 Å². The molecule has 0 aliphatic heterocycles. The van der Waals surface area contributed by atoms with E-state index in [1.54, 1.807) is 17.5 Å². The van der Waals surface area contributed by atoms with Crippen molar-refractivity contribution in [1.29, 1.82) is 0 Å². The maximum atomic E-state index is 11.4. The second-order valence-corrected chi connectivity index (χ2v) is 5.83. The van der Waals surface area contributed by atoms with Gasteiger partial charge >= 0.3 is 6.03 Å². The number of rotatable bonds is 4. The van der Waals surface area contributed by atoms with E-state index in [9.17, 15) is 4.79 Å². The summed E-state index contributed by atoms with van der Waals surface area (Å²) in [4.78, 5) is 15.5.